The number of hydrogen-bond acceptors (Lipinski definition) is 7. The first-order chi connectivity index (χ1) is 15.5. The topological polar surface area (TPSA) is 154 Å². The summed E-state index contributed by atoms with van der Waals surface area (Å²) < 4.78 is 36.9. The summed E-state index contributed by atoms with van der Waals surface area (Å²) in [4.78, 5) is 21.3. The number of carbonyl (C=O) groups excluding carboxylic acids is 1. The number of benzene rings is 1. The van der Waals surface area contributed by atoms with Gasteiger partial charge < -0.3 is 15.8 Å². The molecule has 0 spiro atoms. The van der Waals surface area contributed by atoms with Gasteiger partial charge in [-0.05, 0) is 45.0 Å². The molecule has 0 unspecified atom stereocenters. The van der Waals surface area contributed by atoms with Crippen molar-refractivity contribution < 1.29 is 17.9 Å². The molecule has 1 aliphatic rings. The molecule has 0 radical (unpaired) electrons. The molecule has 2 aromatic heterocycles. The molecular formula is C21H23N7O4S. The van der Waals surface area contributed by atoms with Crippen LogP contribution in [0.3, 0.4) is 0 Å². The molecule has 33 heavy (non-hydrogen) atoms. The lowest BCUT2D eigenvalue weighted by molar-refractivity contribution is 0.0880. The maximum atomic E-state index is 12.9. The maximum Gasteiger partial charge on any atom is 0.344 e. The molecule has 1 aliphatic heterocycles. The first-order valence-corrected chi connectivity index (χ1v) is 11.4. The Balaban J connectivity index is 1.47. The summed E-state index contributed by atoms with van der Waals surface area (Å²) in [6.07, 6.45) is 5.01. The monoisotopic (exact) mass is 469 g/mol. The van der Waals surface area contributed by atoms with Crippen molar-refractivity contribution in [2.24, 2.45) is 10.1 Å². The van der Waals surface area contributed by atoms with Gasteiger partial charge in [0, 0.05) is 18.0 Å². The summed E-state index contributed by atoms with van der Waals surface area (Å²) >= 11 is 0. The third-order valence-electron chi connectivity index (χ3n) is 4.76. The number of hydrogen-bond donors (Lipinski definition) is 3. The minimum Gasteiger partial charge on any atom is -0.490 e. The third kappa shape index (κ3) is 4.95. The van der Waals surface area contributed by atoms with Crippen molar-refractivity contribution in [3.63, 3.8) is 0 Å². The Morgan fingerprint density at radius 1 is 1.27 bits per heavy atom. The Morgan fingerprint density at radius 3 is 2.79 bits per heavy atom. The molecule has 0 saturated heterocycles. The number of anilines is 1. The zero-order valence-corrected chi connectivity index (χ0v) is 19.0. The molecule has 0 atom stereocenters. The van der Waals surface area contributed by atoms with E-state index in [0.29, 0.717) is 22.7 Å². The van der Waals surface area contributed by atoms with Crippen LogP contribution in [-0.2, 0) is 10.2 Å². The number of pyridine rings is 1. The van der Waals surface area contributed by atoms with Crippen LogP contribution in [0.5, 0.6) is 5.75 Å². The van der Waals surface area contributed by atoms with E-state index in [9.17, 15) is 13.2 Å². The smallest absolute Gasteiger partial charge is 0.344 e. The zero-order chi connectivity index (χ0) is 23.8. The van der Waals surface area contributed by atoms with Gasteiger partial charge in [-0.1, -0.05) is 6.07 Å². The second-order valence-corrected chi connectivity index (χ2v) is 9.52. The Kier molecular flexibility index (Phi) is 5.54. The fourth-order valence-electron chi connectivity index (χ4n) is 3.26. The normalized spacial score (nSPS) is 14.6. The van der Waals surface area contributed by atoms with Crippen LogP contribution in [0.4, 0.5) is 5.69 Å². The summed E-state index contributed by atoms with van der Waals surface area (Å²) in [5.41, 5.74) is 6.98. The van der Waals surface area contributed by atoms with Gasteiger partial charge in [0.05, 0.1) is 22.5 Å². The minimum atomic E-state index is -3.88. The molecule has 0 aliphatic carbocycles. The number of nitrogens with two attached hydrogens (primary N) is 1. The van der Waals surface area contributed by atoms with Crippen molar-refractivity contribution in [3.05, 3.63) is 65.9 Å². The average Bonchev–Trinajstić information content (AvgIpc) is 3.17. The van der Waals surface area contributed by atoms with E-state index in [0.717, 1.165) is 5.69 Å². The molecule has 1 amide bonds. The van der Waals surface area contributed by atoms with Gasteiger partial charge in [0.2, 0.25) is 0 Å². The van der Waals surface area contributed by atoms with Gasteiger partial charge in [0.15, 0.2) is 5.84 Å². The predicted molar refractivity (Wildman–Crippen MR) is 123 cm³/mol. The number of carbonyl (C=O) groups is 1. The first-order valence-electron chi connectivity index (χ1n) is 9.97. The lowest BCUT2D eigenvalue weighted by atomic mass is 10.1. The number of amides is 1. The lowest BCUT2D eigenvalue weighted by Gasteiger charge is -2.27. The van der Waals surface area contributed by atoms with Crippen LogP contribution in [0.25, 0.3) is 5.82 Å². The van der Waals surface area contributed by atoms with Gasteiger partial charge in [0.1, 0.15) is 24.5 Å². The Bertz CT molecular complexity index is 1360. The predicted octanol–water partition coefficient (Wildman–Crippen LogP) is 1.54. The molecule has 11 nitrogen and oxygen atoms in total. The van der Waals surface area contributed by atoms with E-state index in [4.69, 9.17) is 10.5 Å². The largest absolute Gasteiger partial charge is 0.490 e. The summed E-state index contributed by atoms with van der Waals surface area (Å²) in [6.45, 7) is 5.57. The van der Waals surface area contributed by atoms with Crippen LogP contribution in [0.15, 0.2) is 53.5 Å². The van der Waals surface area contributed by atoms with Gasteiger partial charge in [-0.2, -0.15) is 8.42 Å². The zero-order valence-electron chi connectivity index (χ0n) is 18.2. The molecule has 3 aromatic rings. The summed E-state index contributed by atoms with van der Waals surface area (Å²) in [6, 6.07) is 8.15. The van der Waals surface area contributed by atoms with Gasteiger partial charge >= 0.3 is 10.2 Å². The van der Waals surface area contributed by atoms with Crippen LogP contribution in [0, 0.1) is 6.92 Å². The molecule has 0 saturated carbocycles. The van der Waals surface area contributed by atoms with E-state index < -0.39 is 15.7 Å². The number of imidazole rings is 1. The molecule has 0 fully saturated rings. The fraction of sp³-hybridized carbons (Fsp3) is 0.238. The van der Waals surface area contributed by atoms with E-state index in [-0.39, 0.29) is 24.0 Å². The molecule has 4 rings (SSSR count). The highest BCUT2D eigenvalue weighted by Gasteiger charge is 2.27. The van der Waals surface area contributed by atoms with Crippen LogP contribution in [0.1, 0.15) is 35.5 Å². The highest BCUT2D eigenvalue weighted by molar-refractivity contribution is 7.91. The maximum absolute atomic E-state index is 12.9. The molecule has 12 heteroatoms. The van der Waals surface area contributed by atoms with Gasteiger partial charge in [-0.3, -0.25) is 14.1 Å². The second-order valence-electron chi connectivity index (χ2n) is 8.18. The van der Waals surface area contributed by atoms with E-state index in [1.807, 2.05) is 27.0 Å². The van der Waals surface area contributed by atoms with Crippen molar-refractivity contribution in [1.82, 2.24) is 19.9 Å². The molecule has 1 aromatic carbocycles. The second kappa shape index (κ2) is 8.20. The first kappa shape index (κ1) is 22.3. The molecule has 0 bridgehead atoms. The number of ether oxygens (including phenoxy) is 1. The summed E-state index contributed by atoms with van der Waals surface area (Å²) in [5.74, 6) is 0.457. The quantitative estimate of drug-likeness (QED) is 0.495. The molecular weight excluding hydrogens is 446 g/mol. The van der Waals surface area contributed by atoms with Gasteiger partial charge in [-0.25, -0.2) is 9.97 Å². The van der Waals surface area contributed by atoms with E-state index in [2.05, 4.69) is 24.4 Å². The number of fused-ring (bicyclic) bond motifs is 1. The SMILES string of the molecule is Cc1cn(-c2cc(C(=O)NC(C)(C)COc3cccc4c3C(N)=NS(=O)(=O)N4)ccn2)cn1. The van der Waals surface area contributed by atoms with E-state index in [1.165, 1.54) is 0 Å². The fourth-order valence-corrected chi connectivity index (χ4v) is 4.10. The van der Waals surface area contributed by atoms with Crippen LogP contribution >= 0.6 is 0 Å². The van der Waals surface area contributed by atoms with Crippen molar-refractivity contribution in [2.45, 2.75) is 26.3 Å². The summed E-state index contributed by atoms with van der Waals surface area (Å²) in [7, 11) is -3.88. The number of rotatable bonds is 6. The number of amidine groups is 1. The van der Waals surface area contributed by atoms with Gasteiger partial charge in [0.25, 0.3) is 5.91 Å². The van der Waals surface area contributed by atoms with Gasteiger partial charge in [-0.15, -0.1) is 4.40 Å². The third-order valence-corrected chi connectivity index (χ3v) is 5.68. The average molecular weight is 470 g/mol. The number of nitrogens with one attached hydrogen (secondary N) is 2. The highest BCUT2D eigenvalue weighted by Crippen LogP contribution is 2.30. The van der Waals surface area contributed by atoms with Crippen molar-refractivity contribution in [1.29, 1.82) is 0 Å². The van der Waals surface area contributed by atoms with Crippen LogP contribution < -0.4 is 20.5 Å². The Morgan fingerprint density at radius 2 is 2.06 bits per heavy atom. The lowest BCUT2D eigenvalue weighted by Crippen LogP contribution is -2.48. The standard InChI is InChI=1S/C21H23N7O4S/c1-13-10-28(12-24-13)17-9-14(7-8-23-17)20(29)25-21(2,3)11-32-16-6-4-5-15-18(16)19(22)27-33(30,31)26-15/h4-10,12,26H,11H2,1-3H3,(H2,22,27)(H,25,29). The minimum absolute atomic E-state index is 0.0912. The number of nitrogens with zero attached hydrogens (tertiary/aromatic N) is 4. The Labute approximate surface area is 190 Å². The number of aromatic nitrogens is 3. The molecule has 172 valence electrons. The van der Waals surface area contributed by atoms with Crippen molar-refractivity contribution >= 4 is 27.6 Å². The van der Waals surface area contributed by atoms with Crippen molar-refractivity contribution in [2.75, 3.05) is 11.3 Å². The van der Waals surface area contributed by atoms with Crippen LogP contribution in [-0.4, -0.2) is 46.8 Å². The molecule has 3 heterocycles. The van der Waals surface area contributed by atoms with Crippen LogP contribution in [0.2, 0.25) is 0 Å². The molecule has 4 N–H and O–H groups in total. The van der Waals surface area contributed by atoms with E-state index in [1.54, 1.807) is 47.4 Å². The summed E-state index contributed by atoms with van der Waals surface area (Å²) in [5, 5.41) is 2.94. The van der Waals surface area contributed by atoms with E-state index >= 15 is 0 Å². The highest BCUT2D eigenvalue weighted by atomic mass is 32.2. The number of aryl methyl sites for hydroxylation is 1. The Hall–Kier alpha value is -3.93. The van der Waals surface area contributed by atoms with Crippen molar-refractivity contribution in [3.8, 4) is 11.6 Å².